The van der Waals surface area contributed by atoms with Gasteiger partial charge in [-0.05, 0) is 30.9 Å². The molecule has 0 unspecified atom stereocenters. The molecule has 1 aromatic rings. The van der Waals surface area contributed by atoms with E-state index in [1.54, 1.807) is 7.05 Å². The highest BCUT2D eigenvalue weighted by Gasteiger charge is 2.20. The van der Waals surface area contributed by atoms with Gasteiger partial charge < -0.3 is 4.90 Å². The lowest BCUT2D eigenvalue weighted by Gasteiger charge is -2.27. The molecule has 88 valence electrons. The van der Waals surface area contributed by atoms with Gasteiger partial charge in [-0.25, -0.2) is 9.48 Å². The lowest BCUT2D eigenvalue weighted by atomic mass is 10.1. The molecule has 0 atom stereocenters. The number of carbonyl (C=O) groups excluding carboxylic acids is 1. The maximum Gasteiger partial charge on any atom is 0.374 e. The third-order valence-corrected chi connectivity index (χ3v) is 2.93. The molecule has 16 heavy (non-hydrogen) atoms. The predicted molar refractivity (Wildman–Crippen MR) is 60.2 cm³/mol. The Morgan fingerprint density at radius 1 is 1.31 bits per heavy atom. The topological polar surface area (TPSA) is 60.1 Å². The lowest BCUT2D eigenvalue weighted by Crippen LogP contribution is -2.32. The first kappa shape index (κ1) is 11.2. The van der Waals surface area contributed by atoms with Gasteiger partial charge in [-0.2, -0.15) is 9.67 Å². The molecule has 1 saturated heterocycles. The fraction of sp³-hybridized carbons (Fsp3) is 0.667. The minimum absolute atomic E-state index is 0.513. The molecule has 0 bridgehead atoms. The highest BCUT2D eigenvalue weighted by molar-refractivity contribution is 6.63. The van der Waals surface area contributed by atoms with E-state index in [2.05, 4.69) is 4.98 Å². The van der Waals surface area contributed by atoms with Crippen molar-refractivity contribution in [1.82, 2.24) is 14.3 Å². The smallest absolute Gasteiger partial charge is 0.341 e. The van der Waals surface area contributed by atoms with Crippen LogP contribution in [-0.4, -0.2) is 32.8 Å². The summed E-state index contributed by atoms with van der Waals surface area (Å²) in [5.74, 6) is 0.513. The summed E-state index contributed by atoms with van der Waals surface area (Å²) >= 11 is 5.31. The molecular weight excluding hydrogens is 232 g/mol. The summed E-state index contributed by atoms with van der Waals surface area (Å²) in [5, 5.41) is -0.830. The van der Waals surface area contributed by atoms with Gasteiger partial charge in [0.05, 0.1) is 0 Å². The van der Waals surface area contributed by atoms with E-state index in [-0.39, 0.29) is 0 Å². The molecular formula is C9H13ClN4O2. The van der Waals surface area contributed by atoms with E-state index in [4.69, 9.17) is 11.6 Å². The highest BCUT2D eigenvalue weighted by atomic mass is 35.5. The number of anilines is 1. The number of piperidine rings is 1. The zero-order chi connectivity index (χ0) is 11.7. The zero-order valence-corrected chi connectivity index (χ0v) is 9.77. The monoisotopic (exact) mass is 244 g/mol. The molecule has 0 spiro atoms. The molecule has 7 heteroatoms. The first-order valence-corrected chi connectivity index (χ1v) is 5.60. The van der Waals surface area contributed by atoms with Crippen molar-refractivity contribution in [2.75, 3.05) is 18.0 Å². The first-order chi connectivity index (χ1) is 7.61. The average Bonchev–Trinajstić information content (AvgIpc) is 2.55. The van der Waals surface area contributed by atoms with Crippen molar-refractivity contribution in [3.8, 4) is 0 Å². The summed E-state index contributed by atoms with van der Waals surface area (Å²) in [7, 11) is 1.61. The van der Waals surface area contributed by atoms with E-state index in [9.17, 15) is 9.59 Å². The lowest BCUT2D eigenvalue weighted by molar-refractivity contribution is 0.255. The second-order valence-electron chi connectivity index (χ2n) is 3.83. The molecule has 0 radical (unpaired) electrons. The van der Waals surface area contributed by atoms with Crippen molar-refractivity contribution in [2.24, 2.45) is 7.05 Å². The normalized spacial score (nSPS) is 16.5. The second-order valence-corrected chi connectivity index (χ2v) is 4.15. The first-order valence-electron chi connectivity index (χ1n) is 5.22. The fourth-order valence-electron chi connectivity index (χ4n) is 1.99. The van der Waals surface area contributed by atoms with Crippen molar-refractivity contribution in [3.05, 3.63) is 10.5 Å². The van der Waals surface area contributed by atoms with E-state index in [1.807, 2.05) is 4.90 Å². The van der Waals surface area contributed by atoms with Crippen LogP contribution in [0, 0.1) is 0 Å². The number of nitrogens with zero attached hydrogens (tertiary/aromatic N) is 4. The number of rotatable bonds is 1. The van der Waals surface area contributed by atoms with Crippen LogP contribution < -0.4 is 10.6 Å². The largest absolute Gasteiger partial charge is 0.374 e. The Hall–Kier alpha value is -1.30. The highest BCUT2D eigenvalue weighted by Crippen LogP contribution is 2.15. The molecule has 0 saturated carbocycles. The Balaban J connectivity index is 2.38. The van der Waals surface area contributed by atoms with Crippen LogP contribution in [0.1, 0.15) is 19.3 Å². The van der Waals surface area contributed by atoms with Gasteiger partial charge in [-0.3, -0.25) is 4.79 Å². The maximum absolute atomic E-state index is 11.4. The number of hydrogen-bond donors (Lipinski definition) is 0. The van der Waals surface area contributed by atoms with Crippen molar-refractivity contribution < 1.29 is 4.79 Å². The van der Waals surface area contributed by atoms with Crippen LogP contribution in [0.5, 0.6) is 0 Å². The molecule has 0 aliphatic carbocycles. The van der Waals surface area contributed by atoms with Gasteiger partial charge in [0, 0.05) is 20.1 Å². The van der Waals surface area contributed by atoms with Gasteiger partial charge >= 0.3 is 11.1 Å². The summed E-state index contributed by atoms with van der Waals surface area (Å²) in [5.41, 5.74) is -0.622. The standard InChI is InChI=1S/C9H13ClN4O2/c1-12-8(13-5-3-2-4-6-13)11-9(16)14(12)7(10)15/h2-6H2,1H3. The molecule has 0 amide bonds. The van der Waals surface area contributed by atoms with Gasteiger partial charge in [0.2, 0.25) is 5.95 Å². The van der Waals surface area contributed by atoms with Gasteiger partial charge in [0.1, 0.15) is 0 Å². The molecule has 0 aromatic carbocycles. The Bertz CT molecular complexity index is 459. The minimum Gasteiger partial charge on any atom is -0.341 e. The van der Waals surface area contributed by atoms with Crippen molar-refractivity contribution in [1.29, 1.82) is 0 Å². The number of halogens is 1. The van der Waals surface area contributed by atoms with E-state index < -0.39 is 11.1 Å². The Morgan fingerprint density at radius 3 is 2.44 bits per heavy atom. The van der Waals surface area contributed by atoms with Crippen molar-refractivity contribution in [3.63, 3.8) is 0 Å². The van der Waals surface area contributed by atoms with Gasteiger partial charge in [-0.15, -0.1) is 0 Å². The Kier molecular flexibility index (Phi) is 3.00. The second kappa shape index (κ2) is 4.29. The molecule has 1 aromatic heterocycles. The van der Waals surface area contributed by atoms with E-state index in [0.717, 1.165) is 30.6 Å². The number of carbonyl (C=O) groups is 1. The molecule has 1 aliphatic heterocycles. The summed E-state index contributed by atoms with van der Waals surface area (Å²) in [4.78, 5) is 28.3. The molecule has 0 N–H and O–H groups in total. The summed E-state index contributed by atoms with van der Waals surface area (Å²) in [6.07, 6.45) is 3.35. The van der Waals surface area contributed by atoms with Crippen molar-refractivity contribution >= 4 is 22.9 Å². The van der Waals surface area contributed by atoms with Gasteiger partial charge in [0.25, 0.3) is 0 Å². The molecule has 1 aliphatic rings. The quantitative estimate of drug-likeness (QED) is 0.685. The SMILES string of the molecule is Cn1c(N2CCCCC2)nc(=O)n1C(=O)Cl. The van der Waals surface area contributed by atoms with Crippen molar-refractivity contribution in [2.45, 2.75) is 19.3 Å². The minimum atomic E-state index is -0.830. The number of hydrogen-bond acceptors (Lipinski definition) is 4. The summed E-state index contributed by atoms with van der Waals surface area (Å²) in [6, 6.07) is 0. The Labute approximate surface area is 97.4 Å². The molecule has 1 fully saturated rings. The van der Waals surface area contributed by atoms with Crippen LogP contribution in [0.3, 0.4) is 0 Å². The third kappa shape index (κ3) is 1.84. The zero-order valence-electron chi connectivity index (χ0n) is 9.02. The number of aromatic nitrogens is 3. The van der Waals surface area contributed by atoms with Gasteiger partial charge in [0.15, 0.2) is 0 Å². The summed E-state index contributed by atoms with van der Waals surface area (Å²) < 4.78 is 2.23. The van der Waals surface area contributed by atoms with Crippen LogP contribution in [0.2, 0.25) is 0 Å². The van der Waals surface area contributed by atoms with Crippen LogP contribution >= 0.6 is 11.6 Å². The average molecular weight is 245 g/mol. The van der Waals surface area contributed by atoms with E-state index in [1.165, 1.54) is 11.1 Å². The predicted octanol–water partition coefficient (Wildman–Crippen LogP) is 0.779. The third-order valence-electron chi connectivity index (χ3n) is 2.77. The van der Waals surface area contributed by atoms with Crippen LogP contribution in [0.25, 0.3) is 0 Å². The summed E-state index contributed by atoms with van der Waals surface area (Å²) in [6.45, 7) is 1.72. The molecule has 6 nitrogen and oxygen atoms in total. The molecule has 2 rings (SSSR count). The van der Waals surface area contributed by atoms with E-state index >= 15 is 0 Å². The van der Waals surface area contributed by atoms with Crippen LogP contribution in [0.15, 0.2) is 4.79 Å². The van der Waals surface area contributed by atoms with Gasteiger partial charge in [-0.1, -0.05) is 0 Å². The van der Waals surface area contributed by atoms with Crippen LogP contribution in [0.4, 0.5) is 10.7 Å². The molecule has 2 heterocycles. The maximum atomic E-state index is 11.4. The van der Waals surface area contributed by atoms with E-state index in [0.29, 0.717) is 5.95 Å². The Morgan fingerprint density at radius 2 is 1.94 bits per heavy atom. The van der Waals surface area contributed by atoms with Crippen LogP contribution in [-0.2, 0) is 7.05 Å². The fourth-order valence-corrected chi connectivity index (χ4v) is 2.17.